The van der Waals surface area contributed by atoms with Crippen molar-refractivity contribution in [3.63, 3.8) is 0 Å². The van der Waals surface area contributed by atoms with E-state index in [2.05, 4.69) is 0 Å². The molecule has 1 aromatic carbocycles. The minimum Gasteiger partial charge on any atom is -0.294 e. The largest absolute Gasteiger partial charge is 0.294 e. The monoisotopic (exact) mass is 208 g/mol. The van der Waals surface area contributed by atoms with E-state index in [-0.39, 0.29) is 11.6 Å². The Morgan fingerprint density at radius 2 is 2.14 bits per heavy atom. The predicted molar refractivity (Wildman–Crippen MR) is 56.5 cm³/mol. The van der Waals surface area contributed by atoms with Crippen LogP contribution in [0.3, 0.4) is 0 Å². The summed E-state index contributed by atoms with van der Waals surface area (Å²) in [5, 5.41) is 0.847. The third-order valence-electron chi connectivity index (χ3n) is 2.24. The Bertz CT molecular complexity index is 513. The molecule has 0 saturated heterocycles. The minimum absolute atomic E-state index is 0.00287. The van der Waals surface area contributed by atoms with E-state index in [0.29, 0.717) is 9.58 Å². The Morgan fingerprint density at radius 3 is 2.71 bits per heavy atom. The molecular formula is C11H9FOS. The molecule has 0 bridgehead atoms. The minimum atomic E-state index is -0.247. The van der Waals surface area contributed by atoms with Crippen LogP contribution in [0.5, 0.6) is 0 Å². The number of carbonyl (C=O) groups excluding carboxylic acids is 1. The molecule has 1 aromatic heterocycles. The Hall–Kier alpha value is -1.22. The van der Waals surface area contributed by atoms with Crippen LogP contribution in [0.2, 0.25) is 0 Å². The van der Waals surface area contributed by atoms with Gasteiger partial charge >= 0.3 is 0 Å². The highest BCUT2D eigenvalue weighted by molar-refractivity contribution is 7.21. The highest BCUT2D eigenvalue weighted by atomic mass is 32.1. The number of fused-ring (bicyclic) bond motifs is 1. The van der Waals surface area contributed by atoms with Gasteiger partial charge in [-0.3, -0.25) is 4.79 Å². The number of Topliss-reactive ketones (excluding diaryl/α,β-unsaturated/α-hetero) is 1. The van der Waals surface area contributed by atoms with Gasteiger partial charge in [-0.1, -0.05) is 12.1 Å². The van der Waals surface area contributed by atoms with Crippen molar-refractivity contribution < 1.29 is 9.18 Å². The zero-order valence-electron chi connectivity index (χ0n) is 7.93. The van der Waals surface area contributed by atoms with E-state index in [1.807, 2.05) is 13.0 Å². The second-order valence-electron chi connectivity index (χ2n) is 3.23. The first kappa shape index (κ1) is 9.34. The van der Waals surface area contributed by atoms with Crippen LogP contribution in [-0.4, -0.2) is 5.78 Å². The number of benzene rings is 1. The summed E-state index contributed by atoms with van der Waals surface area (Å²) in [4.78, 5) is 11.9. The first-order chi connectivity index (χ1) is 6.61. The first-order valence-electron chi connectivity index (χ1n) is 4.30. The first-order valence-corrected chi connectivity index (χ1v) is 5.11. The van der Waals surface area contributed by atoms with Gasteiger partial charge in [0.15, 0.2) is 5.78 Å². The number of carbonyl (C=O) groups is 1. The molecule has 0 atom stereocenters. The number of halogens is 1. The van der Waals surface area contributed by atoms with Crippen molar-refractivity contribution in [1.29, 1.82) is 0 Å². The van der Waals surface area contributed by atoms with Crippen molar-refractivity contribution in [2.75, 3.05) is 0 Å². The Labute approximate surface area is 85.2 Å². The number of ketones is 1. The zero-order chi connectivity index (χ0) is 10.3. The predicted octanol–water partition coefficient (Wildman–Crippen LogP) is 3.55. The van der Waals surface area contributed by atoms with E-state index in [1.165, 1.54) is 24.3 Å². The highest BCUT2D eigenvalue weighted by Crippen LogP contribution is 2.32. The lowest BCUT2D eigenvalue weighted by Crippen LogP contribution is -1.88. The average Bonchev–Trinajstić information content (AvgIpc) is 2.46. The Morgan fingerprint density at radius 1 is 1.43 bits per heavy atom. The van der Waals surface area contributed by atoms with E-state index in [0.717, 1.165) is 10.9 Å². The van der Waals surface area contributed by atoms with Gasteiger partial charge in [0.25, 0.3) is 0 Å². The lowest BCUT2D eigenvalue weighted by atomic mass is 10.1. The van der Waals surface area contributed by atoms with Gasteiger partial charge in [-0.15, -0.1) is 11.3 Å². The van der Waals surface area contributed by atoms with Crippen molar-refractivity contribution in [2.45, 2.75) is 13.8 Å². The fourth-order valence-corrected chi connectivity index (χ4v) is 2.65. The van der Waals surface area contributed by atoms with E-state index < -0.39 is 0 Å². The van der Waals surface area contributed by atoms with Crippen molar-refractivity contribution in [2.24, 2.45) is 0 Å². The van der Waals surface area contributed by atoms with Crippen LogP contribution in [0.1, 0.15) is 22.2 Å². The maximum atomic E-state index is 13.3. The van der Waals surface area contributed by atoms with Gasteiger partial charge in [-0.2, -0.15) is 0 Å². The number of rotatable bonds is 1. The molecule has 1 nitrogen and oxygen atoms in total. The van der Waals surface area contributed by atoms with Crippen molar-refractivity contribution in [1.82, 2.24) is 0 Å². The number of aryl methyl sites for hydroxylation is 1. The van der Waals surface area contributed by atoms with Crippen LogP contribution in [0.15, 0.2) is 18.2 Å². The van der Waals surface area contributed by atoms with Gasteiger partial charge in [-0.25, -0.2) is 4.39 Å². The lowest BCUT2D eigenvalue weighted by Gasteiger charge is -1.92. The molecule has 0 aliphatic rings. The third-order valence-corrected chi connectivity index (χ3v) is 3.65. The molecule has 0 radical (unpaired) electrons. The second kappa shape index (κ2) is 3.17. The number of hydrogen-bond acceptors (Lipinski definition) is 2. The maximum Gasteiger partial charge on any atom is 0.170 e. The highest BCUT2D eigenvalue weighted by Gasteiger charge is 2.13. The molecule has 2 rings (SSSR count). The molecule has 0 saturated carbocycles. The van der Waals surface area contributed by atoms with Crippen LogP contribution in [-0.2, 0) is 0 Å². The summed E-state index contributed by atoms with van der Waals surface area (Å²) in [6.45, 7) is 3.37. The SMILES string of the molecule is CC(=O)c1sc2c(F)cccc2c1C. The van der Waals surface area contributed by atoms with Crippen LogP contribution < -0.4 is 0 Å². The van der Waals surface area contributed by atoms with E-state index in [4.69, 9.17) is 0 Å². The molecular weight excluding hydrogens is 199 g/mol. The molecule has 0 fully saturated rings. The molecule has 0 aliphatic heterocycles. The normalized spacial score (nSPS) is 10.8. The molecule has 0 aliphatic carbocycles. The summed E-state index contributed by atoms with van der Waals surface area (Å²) in [6.07, 6.45) is 0. The molecule has 0 N–H and O–H groups in total. The third kappa shape index (κ3) is 1.24. The van der Waals surface area contributed by atoms with Crippen LogP contribution >= 0.6 is 11.3 Å². The van der Waals surface area contributed by atoms with E-state index in [9.17, 15) is 9.18 Å². The molecule has 2 aromatic rings. The maximum absolute atomic E-state index is 13.3. The van der Waals surface area contributed by atoms with Gasteiger partial charge in [0.2, 0.25) is 0 Å². The smallest absolute Gasteiger partial charge is 0.170 e. The molecule has 3 heteroatoms. The van der Waals surface area contributed by atoms with Gasteiger partial charge in [0, 0.05) is 0 Å². The van der Waals surface area contributed by atoms with Gasteiger partial charge in [-0.05, 0) is 30.9 Å². The summed E-state index contributed by atoms with van der Waals surface area (Å²) >= 11 is 1.23. The Kier molecular flexibility index (Phi) is 2.11. The summed E-state index contributed by atoms with van der Waals surface area (Å²) in [7, 11) is 0. The van der Waals surface area contributed by atoms with E-state index in [1.54, 1.807) is 6.07 Å². The summed E-state index contributed by atoms with van der Waals surface area (Å²) < 4.78 is 13.9. The van der Waals surface area contributed by atoms with Crippen molar-refractivity contribution in [3.8, 4) is 0 Å². The fourth-order valence-electron chi connectivity index (χ4n) is 1.54. The van der Waals surface area contributed by atoms with Crippen LogP contribution in [0, 0.1) is 12.7 Å². The molecule has 0 unspecified atom stereocenters. The number of hydrogen-bond donors (Lipinski definition) is 0. The molecule has 72 valence electrons. The number of thiophene rings is 1. The van der Waals surface area contributed by atoms with Gasteiger partial charge in [0.05, 0.1) is 9.58 Å². The summed E-state index contributed by atoms with van der Waals surface area (Å²) in [6, 6.07) is 4.93. The van der Waals surface area contributed by atoms with Crippen molar-refractivity contribution in [3.05, 3.63) is 34.5 Å². The molecule has 0 spiro atoms. The van der Waals surface area contributed by atoms with Crippen LogP contribution in [0.4, 0.5) is 4.39 Å². The molecule has 14 heavy (non-hydrogen) atoms. The van der Waals surface area contributed by atoms with E-state index >= 15 is 0 Å². The summed E-state index contributed by atoms with van der Waals surface area (Å²) in [5.74, 6) is -0.244. The lowest BCUT2D eigenvalue weighted by molar-refractivity contribution is 0.102. The molecule has 0 amide bonds. The topological polar surface area (TPSA) is 17.1 Å². The Balaban J connectivity index is 2.86. The van der Waals surface area contributed by atoms with Crippen LogP contribution in [0.25, 0.3) is 10.1 Å². The molecule has 1 heterocycles. The quantitative estimate of drug-likeness (QED) is 0.655. The zero-order valence-corrected chi connectivity index (χ0v) is 8.74. The van der Waals surface area contributed by atoms with Gasteiger partial charge < -0.3 is 0 Å². The standard InChI is InChI=1S/C11H9FOS/c1-6-8-4-3-5-9(12)11(8)14-10(6)7(2)13/h3-5H,1-2H3. The second-order valence-corrected chi connectivity index (χ2v) is 4.25. The van der Waals surface area contributed by atoms with Gasteiger partial charge in [0.1, 0.15) is 5.82 Å². The average molecular weight is 208 g/mol. The van der Waals surface area contributed by atoms with Crippen molar-refractivity contribution >= 4 is 27.2 Å². The fraction of sp³-hybridized carbons (Fsp3) is 0.182. The summed E-state index contributed by atoms with van der Waals surface area (Å²) in [5.41, 5.74) is 0.886.